The molecule has 0 fully saturated rings. The van der Waals surface area contributed by atoms with Crippen LogP contribution in [0.1, 0.15) is 11.1 Å². The van der Waals surface area contributed by atoms with Crippen LogP contribution in [0.3, 0.4) is 0 Å². The second-order valence-corrected chi connectivity index (χ2v) is 8.64. The summed E-state index contributed by atoms with van der Waals surface area (Å²) in [6.07, 6.45) is 0. The van der Waals surface area contributed by atoms with Gasteiger partial charge in [-0.25, -0.2) is 0 Å². The highest BCUT2D eigenvalue weighted by Gasteiger charge is 2.22. The molecule has 0 bridgehead atoms. The van der Waals surface area contributed by atoms with Gasteiger partial charge in [-0.15, -0.1) is 22.7 Å². The van der Waals surface area contributed by atoms with Gasteiger partial charge in [-0.05, 0) is 38.9 Å². The van der Waals surface area contributed by atoms with E-state index in [-0.39, 0.29) is 0 Å². The standard InChI is InChI=1S/C14H4BBrN2S3/c15-11-3-1-9(19-11)13-7(5-17)8(6-18)14(21-13)10-2-4-12(16)20-10/h1-4H. The molecule has 0 saturated heterocycles. The van der Waals surface area contributed by atoms with Crippen molar-refractivity contribution in [1.82, 2.24) is 0 Å². The van der Waals surface area contributed by atoms with Crippen LogP contribution in [-0.4, -0.2) is 7.85 Å². The maximum absolute atomic E-state index is 9.44. The third-order valence-corrected chi connectivity index (χ3v) is 6.87. The molecule has 0 unspecified atom stereocenters. The third kappa shape index (κ3) is 2.58. The van der Waals surface area contributed by atoms with Gasteiger partial charge in [0.25, 0.3) is 0 Å². The van der Waals surface area contributed by atoms with Crippen molar-refractivity contribution in [1.29, 1.82) is 10.5 Å². The summed E-state index contributed by atoms with van der Waals surface area (Å²) in [5, 5.41) is 18.9. The van der Waals surface area contributed by atoms with Crippen molar-refractivity contribution in [2.24, 2.45) is 0 Å². The lowest BCUT2D eigenvalue weighted by Gasteiger charge is -1.91. The van der Waals surface area contributed by atoms with Crippen LogP contribution in [0, 0.1) is 22.7 Å². The molecule has 3 heterocycles. The first-order valence-electron chi connectivity index (χ1n) is 5.72. The molecule has 3 aromatic heterocycles. The van der Waals surface area contributed by atoms with Gasteiger partial charge in [0, 0.05) is 9.75 Å². The Bertz CT molecular complexity index is 835. The Kier molecular flexibility index (Phi) is 4.01. The minimum atomic E-state index is 0.434. The Morgan fingerprint density at radius 2 is 1.43 bits per heavy atom. The van der Waals surface area contributed by atoms with Crippen LogP contribution >= 0.6 is 49.9 Å². The molecule has 0 atom stereocenters. The van der Waals surface area contributed by atoms with Crippen molar-refractivity contribution in [2.75, 3.05) is 0 Å². The van der Waals surface area contributed by atoms with Crippen molar-refractivity contribution >= 4 is 62.6 Å². The largest absolute Gasteiger partial charge is 0.192 e. The number of nitriles is 2. The van der Waals surface area contributed by atoms with Crippen LogP contribution in [-0.2, 0) is 0 Å². The number of rotatable bonds is 2. The first-order chi connectivity index (χ1) is 10.1. The van der Waals surface area contributed by atoms with E-state index in [1.165, 1.54) is 22.7 Å². The van der Waals surface area contributed by atoms with Gasteiger partial charge >= 0.3 is 0 Å². The normalized spacial score (nSPS) is 10.2. The first-order valence-corrected chi connectivity index (χ1v) is 8.96. The van der Waals surface area contributed by atoms with Crippen LogP contribution in [0.25, 0.3) is 19.5 Å². The maximum Gasteiger partial charge on any atom is 0.128 e. The van der Waals surface area contributed by atoms with Gasteiger partial charge in [-0.1, -0.05) is 6.07 Å². The lowest BCUT2D eigenvalue weighted by atomic mass is 10.1. The molecule has 98 valence electrons. The highest BCUT2D eigenvalue weighted by Crippen LogP contribution is 2.45. The predicted octanol–water partition coefficient (Wildman–Crippen LogP) is 4.50. The van der Waals surface area contributed by atoms with E-state index < -0.39 is 0 Å². The second-order valence-electron chi connectivity index (χ2n) is 4.04. The van der Waals surface area contributed by atoms with Crippen molar-refractivity contribution in [3.8, 4) is 31.6 Å². The second kappa shape index (κ2) is 5.78. The Hall–Kier alpha value is -1.38. The quantitative estimate of drug-likeness (QED) is 0.608. The smallest absolute Gasteiger partial charge is 0.128 e. The Labute approximate surface area is 143 Å². The summed E-state index contributed by atoms with van der Waals surface area (Å²) in [5.74, 6) is 0. The minimum Gasteiger partial charge on any atom is -0.192 e. The van der Waals surface area contributed by atoms with E-state index in [0.717, 1.165) is 23.3 Å². The molecule has 0 amide bonds. The van der Waals surface area contributed by atoms with Gasteiger partial charge in [0.15, 0.2) is 0 Å². The molecule has 0 aliphatic rings. The summed E-state index contributed by atoms with van der Waals surface area (Å²) < 4.78 is 1.69. The molecule has 0 aliphatic heterocycles. The number of thiophene rings is 3. The summed E-state index contributed by atoms with van der Waals surface area (Å²) in [4.78, 5) is 3.56. The van der Waals surface area contributed by atoms with Crippen LogP contribution < -0.4 is 4.78 Å². The lowest BCUT2D eigenvalue weighted by molar-refractivity contribution is 1.47. The molecule has 0 N–H and O–H groups in total. The molecule has 0 aromatic carbocycles. The Morgan fingerprint density at radius 3 is 1.86 bits per heavy atom. The number of hydrogen-bond donors (Lipinski definition) is 0. The number of halogens is 1. The van der Waals surface area contributed by atoms with Crippen molar-refractivity contribution in [3.63, 3.8) is 0 Å². The highest BCUT2D eigenvalue weighted by molar-refractivity contribution is 9.11. The SMILES string of the molecule is [B]c1ccc(-c2sc(-c3ccc(Br)s3)c(C#N)c2C#N)s1. The average Bonchev–Trinajstić information content (AvgIpc) is 3.15. The summed E-state index contributed by atoms with van der Waals surface area (Å²) in [5.41, 5.74) is 0.877. The Morgan fingerprint density at radius 1 is 0.857 bits per heavy atom. The van der Waals surface area contributed by atoms with Gasteiger partial charge in [-0.2, -0.15) is 21.9 Å². The molecule has 2 nitrogen and oxygen atoms in total. The molecule has 3 aromatic rings. The molecule has 2 radical (unpaired) electrons. The van der Waals surface area contributed by atoms with Gasteiger partial charge in [0.05, 0.1) is 24.7 Å². The number of nitrogens with zero attached hydrogens (tertiary/aromatic N) is 2. The van der Waals surface area contributed by atoms with Crippen LogP contribution in [0.4, 0.5) is 0 Å². The highest BCUT2D eigenvalue weighted by atomic mass is 79.9. The molecule has 0 saturated carbocycles. The summed E-state index contributed by atoms with van der Waals surface area (Å²) in [7, 11) is 5.77. The molecule has 0 spiro atoms. The maximum atomic E-state index is 9.44. The predicted molar refractivity (Wildman–Crippen MR) is 93.5 cm³/mol. The monoisotopic (exact) mass is 386 g/mol. The van der Waals surface area contributed by atoms with Crippen molar-refractivity contribution in [2.45, 2.75) is 0 Å². The fourth-order valence-corrected chi connectivity index (χ4v) is 5.50. The van der Waals surface area contributed by atoms with E-state index in [9.17, 15) is 10.5 Å². The summed E-state index contributed by atoms with van der Waals surface area (Å²) in [6, 6.07) is 11.9. The zero-order valence-electron chi connectivity index (χ0n) is 10.4. The van der Waals surface area contributed by atoms with Gasteiger partial charge < -0.3 is 0 Å². The fourth-order valence-electron chi connectivity index (χ4n) is 1.90. The van der Waals surface area contributed by atoms with Crippen LogP contribution in [0.2, 0.25) is 0 Å². The minimum absolute atomic E-state index is 0.434. The zero-order chi connectivity index (χ0) is 15.0. The van der Waals surface area contributed by atoms with E-state index in [1.54, 1.807) is 11.3 Å². The van der Waals surface area contributed by atoms with Crippen LogP contribution in [0.5, 0.6) is 0 Å². The van der Waals surface area contributed by atoms with E-state index in [0.29, 0.717) is 15.9 Å². The summed E-state index contributed by atoms with van der Waals surface area (Å²) in [6.45, 7) is 0. The van der Waals surface area contributed by atoms with E-state index in [2.05, 4.69) is 28.1 Å². The zero-order valence-corrected chi connectivity index (χ0v) is 14.4. The van der Waals surface area contributed by atoms with E-state index in [1.807, 2.05) is 24.3 Å². The summed E-state index contributed by atoms with van der Waals surface area (Å²) >= 11 is 7.87. The molecular formula is C14H4BBrN2S3. The average molecular weight is 387 g/mol. The molecule has 0 aliphatic carbocycles. The van der Waals surface area contributed by atoms with Gasteiger partial charge in [0.2, 0.25) is 0 Å². The molecule has 21 heavy (non-hydrogen) atoms. The van der Waals surface area contributed by atoms with Gasteiger partial charge in [-0.3, -0.25) is 0 Å². The third-order valence-electron chi connectivity index (χ3n) is 2.78. The molecule has 3 rings (SSSR count). The van der Waals surface area contributed by atoms with E-state index in [4.69, 9.17) is 7.85 Å². The topological polar surface area (TPSA) is 47.6 Å². The van der Waals surface area contributed by atoms with Crippen molar-refractivity contribution in [3.05, 3.63) is 39.2 Å². The fraction of sp³-hybridized carbons (Fsp3) is 0. The van der Waals surface area contributed by atoms with E-state index >= 15 is 0 Å². The van der Waals surface area contributed by atoms with Crippen LogP contribution in [0.15, 0.2) is 28.1 Å². The lowest BCUT2D eigenvalue weighted by Crippen LogP contribution is -1.88. The molecular weight excluding hydrogens is 383 g/mol. The Balaban J connectivity index is 2.26. The number of hydrogen-bond acceptors (Lipinski definition) is 5. The first kappa shape index (κ1) is 14.6. The molecule has 7 heteroatoms. The van der Waals surface area contributed by atoms with Gasteiger partial charge in [0.1, 0.15) is 20.0 Å². The van der Waals surface area contributed by atoms with Crippen molar-refractivity contribution < 1.29 is 0 Å².